The predicted octanol–water partition coefficient (Wildman–Crippen LogP) is 3.49. The number of likely N-dealkylation sites (tertiary alicyclic amines) is 1. The third kappa shape index (κ3) is 4.42. The van der Waals surface area contributed by atoms with E-state index in [4.69, 9.17) is 0 Å². The molecule has 2 aromatic rings. The zero-order valence-corrected chi connectivity index (χ0v) is 14.9. The van der Waals surface area contributed by atoms with Gasteiger partial charge in [0.2, 0.25) is 0 Å². The SMILES string of the molecule is O=C(Nc1ccc(F)cc1F)N1CC(N(Cc2ccncc2)CC2CC2)C1. The molecule has 4 rings (SSSR count). The van der Waals surface area contributed by atoms with Crippen molar-refractivity contribution in [3.05, 3.63) is 59.9 Å². The summed E-state index contributed by atoms with van der Waals surface area (Å²) in [6.07, 6.45) is 6.13. The van der Waals surface area contributed by atoms with Gasteiger partial charge in [-0.25, -0.2) is 13.6 Å². The number of amides is 2. The number of nitrogens with one attached hydrogen (secondary N) is 1. The van der Waals surface area contributed by atoms with Crippen LogP contribution in [0.15, 0.2) is 42.7 Å². The number of carbonyl (C=O) groups excluding carboxylic acids is 1. The van der Waals surface area contributed by atoms with Gasteiger partial charge in [0.15, 0.2) is 0 Å². The minimum atomic E-state index is -0.770. The second-order valence-electron chi connectivity index (χ2n) is 7.34. The monoisotopic (exact) mass is 372 g/mol. The van der Waals surface area contributed by atoms with Gasteiger partial charge in [0.1, 0.15) is 11.6 Å². The number of aromatic nitrogens is 1. The van der Waals surface area contributed by atoms with Crippen LogP contribution in [0.4, 0.5) is 19.3 Å². The molecule has 0 radical (unpaired) electrons. The zero-order valence-electron chi connectivity index (χ0n) is 14.9. The molecule has 1 aromatic carbocycles. The van der Waals surface area contributed by atoms with Crippen molar-refractivity contribution < 1.29 is 13.6 Å². The van der Waals surface area contributed by atoms with Crippen LogP contribution in [-0.4, -0.2) is 46.5 Å². The summed E-state index contributed by atoms with van der Waals surface area (Å²) in [6.45, 7) is 3.08. The molecule has 2 heterocycles. The number of urea groups is 1. The molecule has 7 heteroatoms. The Morgan fingerprint density at radius 3 is 2.59 bits per heavy atom. The van der Waals surface area contributed by atoms with E-state index in [1.807, 2.05) is 12.1 Å². The molecule has 27 heavy (non-hydrogen) atoms. The van der Waals surface area contributed by atoms with Crippen LogP contribution in [0.5, 0.6) is 0 Å². The summed E-state index contributed by atoms with van der Waals surface area (Å²) in [5.74, 6) is -0.683. The number of benzene rings is 1. The Balaban J connectivity index is 1.33. The van der Waals surface area contributed by atoms with Crippen molar-refractivity contribution in [2.24, 2.45) is 5.92 Å². The van der Waals surface area contributed by atoms with Crippen molar-refractivity contribution in [2.75, 3.05) is 25.0 Å². The molecule has 1 saturated carbocycles. The summed E-state index contributed by atoms with van der Waals surface area (Å²) in [7, 11) is 0. The predicted molar refractivity (Wildman–Crippen MR) is 98.1 cm³/mol. The molecule has 2 aliphatic rings. The molecule has 1 aliphatic carbocycles. The Labute approximate surface area is 157 Å². The number of hydrogen-bond donors (Lipinski definition) is 1. The first-order valence-electron chi connectivity index (χ1n) is 9.22. The molecule has 2 amide bonds. The lowest BCUT2D eigenvalue weighted by molar-refractivity contribution is 0.0530. The third-order valence-corrected chi connectivity index (χ3v) is 5.16. The lowest BCUT2D eigenvalue weighted by Gasteiger charge is -2.45. The summed E-state index contributed by atoms with van der Waals surface area (Å²) in [6, 6.07) is 7.10. The van der Waals surface area contributed by atoms with E-state index in [-0.39, 0.29) is 11.7 Å². The highest BCUT2D eigenvalue weighted by atomic mass is 19.1. The minimum absolute atomic E-state index is 0.00327. The van der Waals surface area contributed by atoms with Gasteiger partial charge in [-0.05, 0) is 48.6 Å². The number of halogens is 2. The Morgan fingerprint density at radius 2 is 1.93 bits per heavy atom. The quantitative estimate of drug-likeness (QED) is 0.845. The molecule has 1 aromatic heterocycles. The molecule has 0 atom stereocenters. The van der Waals surface area contributed by atoms with Crippen molar-refractivity contribution in [1.29, 1.82) is 0 Å². The average molecular weight is 372 g/mol. The number of rotatable bonds is 6. The van der Waals surface area contributed by atoms with Crippen molar-refractivity contribution >= 4 is 11.7 Å². The Hall–Kier alpha value is -2.54. The molecule has 1 N–H and O–H groups in total. The second-order valence-corrected chi connectivity index (χ2v) is 7.34. The van der Waals surface area contributed by atoms with Crippen LogP contribution in [0.2, 0.25) is 0 Å². The maximum absolute atomic E-state index is 13.7. The van der Waals surface area contributed by atoms with Crippen molar-refractivity contribution in [2.45, 2.75) is 25.4 Å². The molecule has 0 spiro atoms. The van der Waals surface area contributed by atoms with Crippen LogP contribution in [0.3, 0.4) is 0 Å². The average Bonchev–Trinajstić information content (AvgIpc) is 3.41. The lowest BCUT2D eigenvalue weighted by atomic mass is 10.1. The minimum Gasteiger partial charge on any atom is -0.321 e. The van der Waals surface area contributed by atoms with Crippen molar-refractivity contribution in [3.8, 4) is 0 Å². The highest BCUT2D eigenvalue weighted by molar-refractivity contribution is 5.90. The van der Waals surface area contributed by atoms with E-state index in [0.717, 1.165) is 31.1 Å². The molecular weight excluding hydrogens is 350 g/mol. The van der Waals surface area contributed by atoms with Gasteiger partial charge < -0.3 is 10.2 Å². The van der Waals surface area contributed by atoms with E-state index in [1.165, 1.54) is 24.5 Å². The van der Waals surface area contributed by atoms with Crippen LogP contribution in [-0.2, 0) is 6.54 Å². The number of carbonyl (C=O) groups is 1. The Kier molecular flexibility index (Phi) is 5.03. The largest absolute Gasteiger partial charge is 0.322 e. The van der Waals surface area contributed by atoms with E-state index in [9.17, 15) is 13.6 Å². The highest BCUT2D eigenvalue weighted by Crippen LogP contribution is 2.32. The molecule has 1 saturated heterocycles. The van der Waals surface area contributed by atoms with Crippen LogP contribution in [0.1, 0.15) is 18.4 Å². The smallest absolute Gasteiger partial charge is 0.321 e. The zero-order chi connectivity index (χ0) is 18.8. The maximum Gasteiger partial charge on any atom is 0.322 e. The van der Waals surface area contributed by atoms with Crippen LogP contribution < -0.4 is 5.32 Å². The van der Waals surface area contributed by atoms with Gasteiger partial charge in [-0.3, -0.25) is 9.88 Å². The summed E-state index contributed by atoms with van der Waals surface area (Å²) in [4.78, 5) is 20.5. The fourth-order valence-corrected chi connectivity index (χ4v) is 3.33. The van der Waals surface area contributed by atoms with Gasteiger partial charge in [-0.1, -0.05) is 0 Å². The number of nitrogens with zero attached hydrogens (tertiary/aromatic N) is 3. The van der Waals surface area contributed by atoms with E-state index < -0.39 is 11.6 Å². The van der Waals surface area contributed by atoms with Crippen molar-refractivity contribution in [3.63, 3.8) is 0 Å². The maximum atomic E-state index is 13.7. The molecule has 142 valence electrons. The van der Waals surface area contributed by atoms with Gasteiger partial charge in [-0.15, -0.1) is 0 Å². The summed E-state index contributed by atoms with van der Waals surface area (Å²) < 4.78 is 26.7. The first-order valence-corrected chi connectivity index (χ1v) is 9.22. The van der Waals surface area contributed by atoms with Gasteiger partial charge in [0.05, 0.1) is 5.69 Å². The first kappa shape index (κ1) is 17.9. The van der Waals surface area contributed by atoms with Gasteiger partial charge in [0.25, 0.3) is 0 Å². The standard InChI is InChI=1S/C20H22F2N4O/c21-16-3-4-19(18(22)9-16)24-20(27)26-12-17(13-26)25(10-14-1-2-14)11-15-5-7-23-8-6-15/h3-9,14,17H,1-2,10-13H2,(H,24,27). The second kappa shape index (κ2) is 7.60. The molecule has 0 bridgehead atoms. The van der Waals surface area contributed by atoms with Crippen LogP contribution in [0.25, 0.3) is 0 Å². The summed E-state index contributed by atoms with van der Waals surface area (Å²) >= 11 is 0. The summed E-state index contributed by atoms with van der Waals surface area (Å²) in [5, 5.41) is 2.52. The summed E-state index contributed by atoms with van der Waals surface area (Å²) in [5.41, 5.74) is 1.21. The fraction of sp³-hybridized carbons (Fsp3) is 0.400. The fourth-order valence-electron chi connectivity index (χ4n) is 3.33. The Morgan fingerprint density at radius 1 is 1.19 bits per heavy atom. The first-order chi connectivity index (χ1) is 13.1. The van der Waals surface area contributed by atoms with Gasteiger partial charge >= 0.3 is 6.03 Å². The van der Waals surface area contributed by atoms with Crippen LogP contribution in [0, 0.1) is 17.6 Å². The lowest BCUT2D eigenvalue weighted by Crippen LogP contribution is -2.62. The molecule has 5 nitrogen and oxygen atoms in total. The van der Waals surface area contributed by atoms with Crippen LogP contribution >= 0.6 is 0 Å². The van der Waals surface area contributed by atoms with E-state index in [0.29, 0.717) is 19.1 Å². The van der Waals surface area contributed by atoms with E-state index in [2.05, 4.69) is 15.2 Å². The number of hydrogen-bond acceptors (Lipinski definition) is 3. The van der Waals surface area contributed by atoms with E-state index in [1.54, 1.807) is 17.3 Å². The molecule has 1 aliphatic heterocycles. The molecular formula is C20H22F2N4O. The normalized spacial score (nSPS) is 17.1. The topological polar surface area (TPSA) is 48.5 Å². The number of anilines is 1. The van der Waals surface area contributed by atoms with Gasteiger partial charge in [-0.2, -0.15) is 0 Å². The van der Waals surface area contributed by atoms with Gasteiger partial charge in [0, 0.05) is 50.7 Å². The number of pyridine rings is 1. The van der Waals surface area contributed by atoms with E-state index >= 15 is 0 Å². The molecule has 2 fully saturated rings. The molecule has 0 unspecified atom stereocenters. The highest BCUT2D eigenvalue weighted by Gasteiger charge is 2.37. The third-order valence-electron chi connectivity index (χ3n) is 5.16. The van der Waals surface area contributed by atoms with Crippen molar-refractivity contribution in [1.82, 2.24) is 14.8 Å². The Bertz CT molecular complexity index is 807.